The highest BCUT2D eigenvalue weighted by Crippen LogP contribution is 2.06. The van der Waals surface area contributed by atoms with Gasteiger partial charge in [0.05, 0.1) is 6.10 Å². The maximum Gasteiger partial charge on any atom is 0.251 e. The van der Waals surface area contributed by atoms with Crippen LogP contribution in [-0.2, 0) is 11.3 Å². The summed E-state index contributed by atoms with van der Waals surface area (Å²) in [6, 6.07) is 7.11. The Hall–Kier alpha value is -2.14. The van der Waals surface area contributed by atoms with Gasteiger partial charge in [-0.1, -0.05) is 31.6 Å². The highest BCUT2D eigenvalue weighted by Gasteiger charge is 2.10. The van der Waals surface area contributed by atoms with Gasteiger partial charge in [-0.3, -0.25) is 9.59 Å². The summed E-state index contributed by atoms with van der Waals surface area (Å²) in [6.45, 7) is 8.49. The minimum atomic E-state index is -0.405. The summed E-state index contributed by atoms with van der Waals surface area (Å²) in [5, 5.41) is 15.3. The van der Waals surface area contributed by atoms with Crippen LogP contribution in [0.2, 0.25) is 0 Å². The topological polar surface area (TPSA) is 78.4 Å². The molecule has 1 aromatic carbocycles. The van der Waals surface area contributed by atoms with Crippen molar-refractivity contribution >= 4 is 11.8 Å². The van der Waals surface area contributed by atoms with E-state index in [2.05, 4.69) is 10.6 Å². The maximum absolute atomic E-state index is 12.0. The standard InChI is InChI=1S/C19H28N2O3/c1-13(2)11-18(23)21-12-15-5-7-16(8-6-15)19(24)20-10-9-17(22)14(3)4/h5-8,11,14,17,22H,9-10,12H2,1-4H3,(H,20,24)(H,21,23). The molecular weight excluding hydrogens is 304 g/mol. The molecule has 0 aliphatic rings. The number of benzene rings is 1. The van der Waals surface area contributed by atoms with Crippen molar-refractivity contribution in [2.24, 2.45) is 5.92 Å². The van der Waals surface area contributed by atoms with Crippen LogP contribution >= 0.6 is 0 Å². The molecule has 0 heterocycles. The zero-order chi connectivity index (χ0) is 18.1. The SMILES string of the molecule is CC(C)=CC(=O)NCc1ccc(C(=O)NCCC(O)C(C)C)cc1. The first kappa shape index (κ1) is 19.9. The van der Waals surface area contributed by atoms with Gasteiger partial charge in [0.2, 0.25) is 5.91 Å². The Balaban J connectivity index is 2.44. The maximum atomic E-state index is 12.0. The first-order valence-electron chi connectivity index (χ1n) is 8.27. The Morgan fingerprint density at radius 2 is 1.75 bits per heavy atom. The molecule has 1 unspecified atom stereocenters. The molecule has 5 heteroatoms. The lowest BCUT2D eigenvalue weighted by Gasteiger charge is -2.14. The van der Waals surface area contributed by atoms with Crippen LogP contribution in [0.4, 0.5) is 0 Å². The second kappa shape index (κ2) is 9.88. The molecule has 1 atom stereocenters. The molecular formula is C19H28N2O3. The van der Waals surface area contributed by atoms with Crippen molar-refractivity contribution in [2.45, 2.75) is 46.8 Å². The third kappa shape index (κ3) is 7.42. The summed E-state index contributed by atoms with van der Waals surface area (Å²) in [5.41, 5.74) is 2.44. The first-order chi connectivity index (χ1) is 11.3. The average molecular weight is 332 g/mol. The summed E-state index contributed by atoms with van der Waals surface area (Å²) in [6.07, 6.45) is 1.68. The van der Waals surface area contributed by atoms with Gasteiger partial charge in [0.1, 0.15) is 0 Å². The van der Waals surface area contributed by atoms with Crippen molar-refractivity contribution in [3.63, 3.8) is 0 Å². The Kier molecular flexibility index (Phi) is 8.19. The highest BCUT2D eigenvalue weighted by molar-refractivity contribution is 5.94. The molecule has 0 aromatic heterocycles. The largest absolute Gasteiger partial charge is 0.393 e. The van der Waals surface area contributed by atoms with Crippen LogP contribution < -0.4 is 10.6 Å². The van der Waals surface area contributed by atoms with Gasteiger partial charge in [0.15, 0.2) is 0 Å². The van der Waals surface area contributed by atoms with E-state index in [0.29, 0.717) is 25.1 Å². The van der Waals surface area contributed by atoms with E-state index in [-0.39, 0.29) is 17.7 Å². The summed E-state index contributed by atoms with van der Waals surface area (Å²) in [7, 11) is 0. The molecule has 0 bridgehead atoms. The molecule has 0 aliphatic carbocycles. The molecule has 0 aliphatic heterocycles. The van der Waals surface area contributed by atoms with Crippen molar-refractivity contribution in [2.75, 3.05) is 6.54 Å². The number of nitrogens with one attached hydrogen (secondary N) is 2. The summed E-state index contributed by atoms with van der Waals surface area (Å²) in [5.74, 6) is -0.102. The molecule has 5 nitrogen and oxygen atoms in total. The van der Waals surface area contributed by atoms with Crippen LogP contribution in [0.15, 0.2) is 35.9 Å². The van der Waals surface area contributed by atoms with Gasteiger partial charge in [-0.15, -0.1) is 0 Å². The van der Waals surface area contributed by atoms with Crippen LogP contribution in [0.1, 0.15) is 50.0 Å². The lowest BCUT2D eigenvalue weighted by atomic mass is 10.0. The third-order valence-electron chi connectivity index (χ3n) is 3.60. The number of hydrogen-bond donors (Lipinski definition) is 3. The average Bonchev–Trinajstić information content (AvgIpc) is 2.52. The van der Waals surface area contributed by atoms with Crippen LogP contribution in [-0.4, -0.2) is 29.6 Å². The van der Waals surface area contributed by atoms with Crippen molar-refractivity contribution in [3.05, 3.63) is 47.0 Å². The summed E-state index contributed by atoms with van der Waals surface area (Å²) in [4.78, 5) is 23.6. The smallest absolute Gasteiger partial charge is 0.251 e. The van der Waals surface area contributed by atoms with E-state index >= 15 is 0 Å². The zero-order valence-electron chi connectivity index (χ0n) is 14.9. The van der Waals surface area contributed by atoms with Gasteiger partial charge in [0.25, 0.3) is 5.91 Å². The van der Waals surface area contributed by atoms with E-state index in [4.69, 9.17) is 0 Å². The third-order valence-corrected chi connectivity index (χ3v) is 3.60. The zero-order valence-corrected chi connectivity index (χ0v) is 14.9. The summed E-state index contributed by atoms with van der Waals surface area (Å²) >= 11 is 0. The molecule has 0 saturated heterocycles. The van der Waals surface area contributed by atoms with Crippen LogP contribution in [0.3, 0.4) is 0 Å². The first-order valence-corrected chi connectivity index (χ1v) is 8.27. The fourth-order valence-electron chi connectivity index (χ4n) is 2.05. The molecule has 0 fully saturated rings. The Labute approximate surface area is 144 Å². The van der Waals surface area contributed by atoms with Crippen LogP contribution in [0.5, 0.6) is 0 Å². The predicted molar refractivity (Wildman–Crippen MR) is 95.5 cm³/mol. The van der Waals surface area contributed by atoms with Gasteiger partial charge >= 0.3 is 0 Å². The number of aliphatic hydroxyl groups excluding tert-OH is 1. The van der Waals surface area contributed by atoms with Gasteiger partial charge in [0, 0.05) is 24.7 Å². The number of allylic oxidation sites excluding steroid dienone is 1. The predicted octanol–water partition coefficient (Wildman–Crippen LogP) is 2.41. The normalized spacial score (nSPS) is 11.8. The molecule has 0 spiro atoms. The minimum absolute atomic E-state index is 0.125. The van der Waals surface area contributed by atoms with E-state index in [1.54, 1.807) is 18.2 Å². The fourth-order valence-corrected chi connectivity index (χ4v) is 2.05. The number of aliphatic hydroxyl groups is 1. The quantitative estimate of drug-likeness (QED) is 0.640. The van der Waals surface area contributed by atoms with Gasteiger partial charge in [-0.25, -0.2) is 0 Å². The van der Waals surface area contributed by atoms with E-state index in [9.17, 15) is 14.7 Å². The Morgan fingerprint density at radius 3 is 2.29 bits per heavy atom. The molecule has 24 heavy (non-hydrogen) atoms. The number of hydrogen-bond acceptors (Lipinski definition) is 3. The van der Waals surface area contributed by atoms with E-state index < -0.39 is 6.10 Å². The molecule has 2 amide bonds. The molecule has 1 aromatic rings. The second-order valence-electron chi connectivity index (χ2n) is 6.49. The number of amides is 2. The molecule has 132 valence electrons. The lowest BCUT2D eigenvalue weighted by molar-refractivity contribution is -0.116. The number of carbonyl (C=O) groups excluding carboxylic acids is 2. The number of rotatable bonds is 8. The van der Waals surface area contributed by atoms with Crippen LogP contribution in [0, 0.1) is 5.92 Å². The van der Waals surface area contributed by atoms with Crippen molar-refractivity contribution in [1.29, 1.82) is 0 Å². The van der Waals surface area contributed by atoms with Gasteiger partial charge < -0.3 is 15.7 Å². The van der Waals surface area contributed by atoms with Crippen molar-refractivity contribution < 1.29 is 14.7 Å². The monoisotopic (exact) mass is 332 g/mol. The Morgan fingerprint density at radius 1 is 1.12 bits per heavy atom. The van der Waals surface area contributed by atoms with E-state index in [1.807, 2.05) is 39.8 Å². The molecule has 1 rings (SSSR count). The molecule has 0 radical (unpaired) electrons. The lowest BCUT2D eigenvalue weighted by Crippen LogP contribution is -2.28. The highest BCUT2D eigenvalue weighted by atomic mass is 16.3. The van der Waals surface area contributed by atoms with Crippen molar-refractivity contribution in [3.8, 4) is 0 Å². The van der Waals surface area contributed by atoms with E-state index in [0.717, 1.165) is 11.1 Å². The second-order valence-corrected chi connectivity index (χ2v) is 6.49. The summed E-state index contributed by atoms with van der Waals surface area (Å²) < 4.78 is 0. The fraction of sp³-hybridized carbons (Fsp3) is 0.474. The van der Waals surface area contributed by atoms with E-state index in [1.165, 1.54) is 0 Å². The van der Waals surface area contributed by atoms with Crippen LogP contribution in [0.25, 0.3) is 0 Å². The number of carbonyl (C=O) groups is 2. The van der Waals surface area contributed by atoms with Gasteiger partial charge in [-0.05, 0) is 43.9 Å². The van der Waals surface area contributed by atoms with Gasteiger partial charge in [-0.2, -0.15) is 0 Å². The minimum Gasteiger partial charge on any atom is -0.393 e. The molecule has 3 N–H and O–H groups in total. The Bertz CT molecular complexity index is 573. The van der Waals surface area contributed by atoms with Crippen molar-refractivity contribution in [1.82, 2.24) is 10.6 Å². The molecule has 0 saturated carbocycles.